The third kappa shape index (κ3) is 2.82. The Bertz CT molecular complexity index is 656. The summed E-state index contributed by atoms with van der Waals surface area (Å²) in [5.74, 6) is -0.144. The second-order valence-electron chi connectivity index (χ2n) is 3.83. The van der Waals surface area contributed by atoms with Crippen molar-refractivity contribution in [2.24, 2.45) is 0 Å². The van der Waals surface area contributed by atoms with Crippen LogP contribution < -0.4 is 4.74 Å². The molecule has 7 heteroatoms. The zero-order chi connectivity index (χ0) is 14.5. The van der Waals surface area contributed by atoms with Crippen molar-refractivity contribution < 1.29 is 19.2 Å². The summed E-state index contributed by atoms with van der Waals surface area (Å²) in [5.41, 5.74) is 0.114. The number of fused-ring (bicyclic) bond motifs is 1. The van der Waals surface area contributed by atoms with Crippen molar-refractivity contribution in [1.29, 1.82) is 0 Å². The van der Waals surface area contributed by atoms with Crippen LogP contribution in [-0.2, 0) is 9.53 Å². The average Bonchev–Trinajstić information content (AvgIpc) is 2.44. The third-order valence-electron chi connectivity index (χ3n) is 2.56. The van der Waals surface area contributed by atoms with Gasteiger partial charge in [0.05, 0.1) is 11.5 Å². The summed E-state index contributed by atoms with van der Waals surface area (Å²) in [5, 5.41) is 11.4. The van der Waals surface area contributed by atoms with Crippen molar-refractivity contribution in [1.82, 2.24) is 4.98 Å². The number of pyridine rings is 1. The van der Waals surface area contributed by atoms with E-state index in [0.29, 0.717) is 11.1 Å². The van der Waals surface area contributed by atoms with Crippen molar-refractivity contribution >= 4 is 22.6 Å². The zero-order valence-corrected chi connectivity index (χ0v) is 10.7. The summed E-state index contributed by atoms with van der Waals surface area (Å²) in [7, 11) is 0. The number of rotatable bonds is 5. The van der Waals surface area contributed by atoms with E-state index in [-0.39, 0.29) is 24.4 Å². The largest absolute Gasteiger partial charge is 0.481 e. The number of non-ortho nitro benzene ring substituents is 1. The van der Waals surface area contributed by atoms with Gasteiger partial charge in [0.15, 0.2) is 12.1 Å². The van der Waals surface area contributed by atoms with Crippen molar-refractivity contribution in [2.45, 2.75) is 6.92 Å². The van der Waals surface area contributed by atoms with Crippen LogP contribution in [0.15, 0.2) is 30.5 Å². The summed E-state index contributed by atoms with van der Waals surface area (Å²) in [6, 6.07) is 6.10. The lowest BCUT2D eigenvalue weighted by Gasteiger charge is -2.08. The highest BCUT2D eigenvalue weighted by molar-refractivity contribution is 5.91. The number of aromatic nitrogens is 1. The van der Waals surface area contributed by atoms with E-state index in [4.69, 9.17) is 9.47 Å². The molecule has 7 nitrogen and oxygen atoms in total. The lowest BCUT2D eigenvalue weighted by Crippen LogP contribution is -2.14. The van der Waals surface area contributed by atoms with Crippen molar-refractivity contribution in [3.63, 3.8) is 0 Å². The van der Waals surface area contributed by atoms with Gasteiger partial charge in [-0.15, -0.1) is 0 Å². The number of hydrogen-bond donors (Lipinski definition) is 0. The van der Waals surface area contributed by atoms with Crippen LogP contribution in [-0.4, -0.2) is 29.1 Å². The van der Waals surface area contributed by atoms with Crippen molar-refractivity contribution in [2.75, 3.05) is 13.2 Å². The van der Waals surface area contributed by atoms with Gasteiger partial charge in [0, 0.05) is 17.6 Å². The summed E-state index contributed by atoms with van der Waals surface area (Å²) < 4.78 is 10.1. The lowest BCUT2D eigenvalue weighted by atomic mass is 10.2. The molecular formula is C13H12N2O5. The van der Waals surface area contributed by atoms with E-state index in [9.17, 15) is 14.9 Å². The van der Waals surface area contributed by atoms with E-state index in [1.807, 2.05) is 0 Å². The van der Waals surface area contributed by atoms with Gasteiger partial charge in [-0.2, -0.15) is 0 Å². The molecule has 1 heterocycles. The van der Waals surface area contributed by atoms with Crippen LogP contribution in [0.1, 0.15) is 6.92 Å². The number of ether oxygens (including phenoxy) is 2. The molecule has 0 saturated carbocycles. The second-order valence-corrected chi connectivity index (χ2v) is 3.83. The smallest absolute Gasteiger partial charge is 0.344 e. The Labute approximate surface area is 114 Å². The minimum Gasteiger partial charge on any atom is -0.481 e. The molecule has 0 saturated heterocycles. The number of carbonyl (C=O) groups excluding carboxylic acids is 1. The van der Waals surface area contributed by atoms with Gasteiger partial charge >= 0.3 is 5.97 Å². The Morgan fingerprint density at radius 1 is 1.40 bits per heavy atom. The van der Waals surface area contributed by atoms with Crippen LogP contribution in [0.5, 0.6) is 5.75 Å². The van der Waals surface area contributed by atoms with Gasteiger partial charge < -0.3 is 9.47 Å². The fourth-order valence-corrected chi connectivity index (χ4v) is 1.75. The summed E-state index contributed by atoms with van der Waals surface area (Å²) in [6.07, 6.45) is 1.40. The number of nitrogens with zero attached hydrogens (tertiary/aromatic N) is 2. The number of para-hydroxylation sites is 1. The molecule has 0 aliphatic carbocycles. The molecule has 0 fully saturated rings. The maximum absolute atomic E-state index is 11.3. The quantitative estimate of drug-likeness (QED) is 0.471. The Hall–Kier alpha value is -2.70. The molecule has 20 heavy (non-hydrogen) atoms. The van der Waals surface area contributed by atoms with E-state index in [1.165, 1.54) is 12.3 Å². The molecule has 2 aromatic rings. The maximum Gasteiger partial charge on any atom is 0.344 e. The summed E-state index contributed by atoms with van der Waals surface area (Å²) in [4.78, 5) is 25.7. The van der Waals surface area contributed by atoms with Crippen LogP contribution >= 0.6 is 0 Å². The van der Waals surface area contributed by atoms with Gasteiger partial charge in [-0.05, 0) is 19.1 Å². The SMILES string of the molecule is CCOC(=O)COc1ccnc2c([N+](=O)[O-])cccc12. The first kappa shape index (κ1) is 13.7. The van der Waals surface area contributed by atoms with Crippen molar-refractivity contribution in [3.05, 3.63) is 40.6 Å². The monoisotopic (exact) mass is 276 g/mol. The van der Waals surface area contributed by atoms with Gasteiger partial charge in [-0.25, -0.2) is 9.78 Å². The molecule has 1 aromatic carbocycles. The highest BCUT2D eigenvalue weighted by Gasteiger charge is 2.15. The molecule has 0 spiro atoms. The van der Waals surface area contributed by atoms with E-state index in [2.05, 4.69) is 4.98 Å². The van der Waals surface area contributed by atoms with E-state index < -0.39 is 10.9 Å². The van der Waals surface area contributed by atoms with Gasteiger partial charge in [0.25, 0.3) is 5.69 Å². The molecule has 0 radical (unpaired) electrons. The molecule has 0 N–H and O–H groups in total. The highest BCUT2D eigenvalue weighted by atomic mass is 16.6. The average molecular weight is 276 g/mol. The van der Waals surface area contributed by atoms with Crippen LogP contribution in [0.4, 0.5) is 5.69 Å². The number of benzene rings is 1. The van der Waals surface area contributed by atoms with Crippen LogP contribution in [0.3, 0.4) is 0 Å². The standard InChI is InChI=1S/C13H12N2O5/c1-2-19-12(16)8-20-11-6-7-14-13-9(11)4-3-5-10(13)15(17)18/h3-7H,2,8H2,1H3. The fourth-order valence-electron chi connectivity index (χ4n) is 1.75. The van der Waals surface area contributed by atoms with Crippen LogP contribution in [0.2, 0.25) is 0 Å². The lowest BCUT2D eigenvalue weighted by molar-refractivity contribution is -0.383. The molecule has 104 valence electrons. The zero-order valence-electron chi connectivity index (χ0n) is 10.7. The number of esters is 1. The van der Waals surface area contributed by atoms with E-state index in [1.54, 1.807) is 25.1 Å². The molecule has 1 aromatic heterocycles. The predicted molar refractivity (Wildman–Crippen MR) is 70.5 cm³/mol. The minimum absolute atomic E-state index is 0.107. The number of nitro benzene ring substituents is 1. The molecule has 0 aliphatic rings. The Kier molecular flexibility index (Phi) is 4.09. The van der Waals surface area contributed by atoms with Crippen molar-refractivity contribution in [3.8, 4) is 5.75 Å². The van der Waals surface area contributed by atoms with Gasteiger partial charge in [-0.3, -0.25) is 10.1 Å². The highest BCUT2D eigenvalue weighted by Crippen LogP contribution is 2.29. The molecule has 0 aliphatic heterocycles. The molecule has 0 amide bonds. The van der Waals surface area contributed by atoms with E-state index >= 15 is 0 Å². The number of hydrogen-bond acceptors (Lipinski definition) is 6. The van der Waals surface area contributed by atoms with Crippen LogP contribution in [0.25, 0.3) is 10.9 Å². The summed E-state index contributed by atoms with van der Waals surface area (Å²) >= 11 is 0. The second kappa shape index (κ2) is 5.96. The predicted octanol–water partition coefficient (Wildman–Crippen LogP) is 2.08. The first-order valence-electron chi connectivity index (χ1n) is 5.94. The molecule has 0 bridgehead atoms. The van der Waals surface area contributed by atoms with E-state index in [0.717, 1.165) is 0 Å². The first-order valence-corrected chi connectivity index (χ1v) is 5.94. The molecule has 0 atom stereocenters. The number of nitro groups is 1. The fraction of sp³-hybridized carbons (Fsp3) is 0.231. The normalized spacial score (nSPS) is 10.2. The first-order chi connectivity index (χ1) is 9.63. The topological polar surface area (TPSA) is 91.6 Å². The molecule has 2 rings (SSSR count). The Morgan fingerprint density at radius 2 is 2.20 bits per heavy atom. The van der Waals surface area contributed by atoms with Gasteiger partial charge in [0.2, 0.25) is 0 Å². The Morgan fingerprint density at radius 3 is 2.90 bits per heavy atom. The third-order valence-corrected chi connectivity index (χ3v) is 2.56. The van der Waals surface area contributed by atoms with Gasteiger partial charge in [-0.1, -0.05) is 6.07 Å². The molecular weight excluding hydrogens is 264 g/mol. The maximum atomic E-state index is 11.3. The number of carbonyl (C=O) groups is 1. The minimum atomic E-state index is -0.509. The molecule has 0 unspecified atom stereocenters. The van der Waals surface area contributed by atoms with Gasteiger partial charge in [0.1, 0.15) is 5.75 Å². The van der Waals surface area contributed by atoms with Crippen LogP contribution in [0, 0.1) is 10.1 Å². The Balaban J connectivity index is 2.33. The summed E-state index contributed by atoms with van der Waals surface area (Å²) in [6.45, 7) is 1.71.